The van der Waals surface area contributed by atoms with Crippen LogP contribution in [0.25, 0.3) is 0 Å². The van der Waals surface area contributed by atoms with Crippen LogP contribution in [0.3, 0.4) is 0 Å². The molecular formula is C28H36FN3O2. The SMILES string of the molecule is Cc1cc(C(=O)Cc2cc(F)cc(CN3CCN(C(=O)C4CCCC4)[C@@H](C)C3)c2C)cc(C)n1. The fourth-order valence-corrected chi connectivity index (χ4v) is 5.57. The predicted molar refractivity (Wildman–Crippen MR) is 131 cm³/mol. The molecule has 34 heavy (non-hydrogen) atoms. The summed E-state index contributed by atoms with van der Waals surface area (Å²) in [4.78, 5) is 34.5. The van der Waals surface area contributed by atoms with Gasteiger partial charge < -0.3 is 4.90 Å². The highest BCUT2D eigenvalue weighted by Crippen LogP contribution is 2.28. The van der Waals surface area contributed by atoms with Crippen molar-refractivity contribution in [3.05, 3.63) is 63.7 Å². The van der Waals surface area contributed by atoms with Crippen LogP contribution in [0.2, 0.25) is 0 Å². The first-order valence-corrected chi connectivity index (χ1v) is 12.5. The lowest BCUT2D eigenvalue weighted by Gasteiger charge is -2.41. The van der Waals surface area contributed by atoms with Crippen LogP contribution < -0.4 is 0 Å². The van der Waals surface area contributed by atoms with Crippen LogP contribution in [0, 0.1) is 32.5 Å². The van der Waals surface area contributed by atoms with Crippen LogP contribution in [0.1, 0.15) is 71.0 Å². The zero-order valence-corrected chi connectivity index (χ0v) is 20.9. The van der Waals surface area contributed by atoms with E-state index in [-0.39, 0.29) is 30.0 Å². The van der Waals surface area contributed by atoms with E-state index < -0.39 is 0 Å². The number of carbonyl (C=O) groups excluding carboxylic acids is 2. The van der Waals surface area contributed by atoms with Crippen molar-refractivity contribution in [3.8, 4) is 0 Å². The molecule has 1 aliphatic carbocycles. The minimum Gasteiger partial charge on any atom is -0.337 e. The van der Waals surface area contributed by atoms with Gasteiger partial charge >= 0.3 is 0 Å². The van der Waals surface area contributed by atoms with Crippen LogP contribution in [-0.2, 0) is 17.8 Å². The van der Waals surface area contributed by atoms with E-state index in [4.69, 9.17) is 0 Å². The Labute approximate surface area is 202 Å². The number of halogens is 1. The van der Waals surface area contributed by atoms with Gasteiger partial charge in [-0.1, -0.05) is 12.8 Å². The molecule has 0 N–H and O–H groups in total. The van der Waals surface area contributed by atoms with Gasteiger partial charge in [-0.05, 0) is 81.5 Å². The fourth-order valence-electron chi connectivity index (χ4n) is 5.57. The number of pyridine rings is 1. The Morgan fingerprint density at radius 3 is 2.29 bits per heavy atom. The molecule has 1 aliphatic heterocycles. The molecule has 0 spiro atoms. The molecule has 6 heteroatoms. The number of piperazine rings is 1. The summed E-state index contributed by atoms with van der Waals surface area (Å²) in [6.07, 6.45) is 4.53. The van der Waals surface area contributed by atoms with E-state index in [9.17, 15) is 14.0 Å². The summed E-state index contributed by atoms with van der Waals surface area (Å²) in [6, 6.07) is 6.80. The number of ketones is 1. The van der Waals surface area contributed by atoms with Gasteiger partial charge in [-0.2, -0.15) is 0 Å². The van der Waals surface area contributed by atoms with Crippen molar-refractivity contribution in [2.75, 3.05) is 19.6 Å². The molecule has 1 saturated carbocycles. The van der Waals surface area contributed by atoms with E-state index in [1.165, 1.54) is 6.07 Å². The summed E-state index contributed by atoms with van der Waals surface area (Å²) in [6.45, 7) is 10.7. The molecule has 1 aromatic carbocycles. The van der Waals surface area contributed by atoms with Crippen molar-refractivity contribution in [2.45, 2.75) is 72.4 Å². The Bertz CT molecular complexity index is 1060. The molecule has 1 aromatic heterocycles. The second-order valence-electron chi connectivity index (χ2n) is 10.2. The van der Waals surface area contributed by atoms with Crippen molar-refractivity contribution in [3.63, 3.8) is 0 Å². The number of hydrogen-bond donors (Lipinski definition) is 0. The second kappa shape index (κ2) is 10.3. The Morgan fingerprint density at radius 1 is 1.00 bits per heavy atom. The second-order valence-corrected chi connectivity index (χ2v) is 10.2. The number of carbonyl (C=O) groups is 2. The number of Topliss-reactive ketones (excluding diaryl/α,β-unsaturated/α-hetero) is 1. The third kappa shape index (κ3) is 5.54. The molecule has 0 bridgehead atoms. The quantitative estimate of drug-likeness (QED) is 0.576. The largest absolute Gasteiger partial charge is 0.337 e. The smallest absolute Gasteiger partial charge is 0.226 e. The Hall–Kier alpha value is -2.60. The van der Waals surface area contributed by atoms with E-state index in [0.717, 1.165) is 73.4 Å². The monoisotopic (exact) mass is 465 g/mol. The standard InChI is InChI=1S/C28H36FN3O2/c1-18-11-24(12-19(2)30-18)27(33)15-23-13-26(29)14-25(21(23)4)17-31-9-10-32(20(3)16-31)28(34)22-7-5-6-8-22/h11-14,20,22H,5-10,15-17H2,1-4H3/t20-/m0/s1. The molecule has 4 rings (SSSR count). The van der Waals surface area contributed by atoms with Gasteiger partial charge in [-0.25, -0.2) is 4.39 Å². The first-order chi connectivity index (χ1) is 16.2. The lowest BCUT2D eigenvalue weighted by Crippen LogP contribution is -2.54. The maximum Gasteiger partial charge on any atom is 0.226 e. The third-order valence-corrected chi connectivity index (χ3v) is 7.44. The number of benzene rings is 1. The summed E-state index contributed by atoms with van der Waals surface area (Å²) >= 11 is 0. The van der Waals surface area contributed by atoms with Crippen molar-refractivity contribution in [2.24, 2.45) is 5.92 Å². The van der Waals surface area contributed by atoms with E-state index in [1.54, 1.807) is 18.2 Å². The van der Waals surface area contributed by atoms with Crippen LogP contribution in [0.15, 0.2) is 24.3 Å². The summed E-state index contributed by atoms with van der Waals surface area (Å²) in [5.41, 5.74) is 4.84. The van der Waals surface area contributed by atoms with Crippen LogP contribution in [0.4, 0.5) is 4.39 Å². The van der Waals surface area contributed by atoms with E-state index >= 15 is 0 Å². The maximum atomic E-state index is 14.6. The normalized spacial score (nSPS) is 19.6. The molecule has 1 saturated heterocycles. The van der Waals surface area contributed by atoms with Crippen LogP contribution in [0.5, 0.6) is 0 Å². The Balaban J connectivity index is 1.44. The van der Waals surface area contributed by atoms with Gasteiger partial charge in [0.15, 0.2) is 5.78 Å². The lowest BCUT2D eigenvalue weighted by molar-refractivity contribution is -0.140. The first kappa shape index (κ1) is 24.5. The average molecular weight is 466 g/mol. The zero-order chi connectivity index (χ0) is 24.4. The number of amides is 1. The molecule has 182 valence electrons. The number of aryl methyl sites for hydroxylation is 2. The third-order valence-electron chi connectivity index (χ3n) is 7.44. The molecule has 2 heterocycles. The van der Waals surface area contributed by atoms with Crippen LogP contribution >= 0.6 is 0 Å². The topological polar surface area (TPSA) is 53.5 Å². The molecule has 0 radical (unpaired) electrons. The van der Waals surface area contributed by atoms with E-state index in [0.29, 0.717) is 18.0 Å². The highest BCUT2D eigenvalue weighted by molar-refractivity contribution is 5.97. The summed E-state index contributed by atoms with van der Waals surface area (Å²) in [7, 11) is 0. The molecule has 0 unspecified atom stereocenters. The Morgan fingerprint density at radius 2 is 1.65 bits per heavy atom. The van der Waals surface area contributed by atoms with Gasteiger partial charge in [-0.3, -0.25) is 19.5 Å². The Kier molecular flexibility index (Phi) is 7.46. The highest BCUT2D eigenvalue weighted by atomic mass is 19.1. The maximum absolute atomic E-state index is 14.6. The van der Waals surface area contributed by atoms with Gasteiger partial charge in [0.1, 0.15) is 5.82 Å². The molecule has 1 atom stereocenters. The number of rotatable bonds is 6. The van der Waals surface area contributed by atoms with Gasteiger partial charge in [0.2, 0.25) is 5.91 Å². The summed E-state index contributed by atoms with van der Waals surface area (Å²) < 4.78 is 14.6. The van der Waals surface area contributed by atoms with Crippen LogP contribution in [-0.4, -0.2) is 52.2 Å². The average Bonchev–Trinajstić information content (AvgIpc) is 3.31. The van der Waals surface area contributed by atoms with Gasteiger partial charge in [0.25, 0.3) is 0 Å². The molecule has 2 fully saturated rings. The highest BCUT2D eigenvalue weighted by Gasteiger charge is 2.33. The molecule has 1 amide bonds. The van der Waals surface area contributed by atoms with Gasteiger partial charge in [0, 0.05) is 61.5 Å². The van der Waals surface area contributed by atoms with E-state index in [2.05, 4.69) is 16.8 Å². The number of hydrogen-bond acceptors (Lipinski definition) is 4. The summed E-state index contributed by atoms with van der Waals surface area (Å²) in [5.74, 6) is 0.177. The summed E-state index contributed by atoms with van der Waals surface area (Å²) in [5, 5.41) is 0. The van der Waals surface area contributed by atoms with Gasteiger partial charge in [-0.15, -0.1) is 0 Å². The molecule has 2 aliphatic rings. The fraction of sp³-hybridized carbons (Fsp3) is 0.536. The van der Waals surface area contributed by atoms with E-state index in [1.807, 2.05) is 25.7 Å². The minimum atomic E-state index is -0.311. The van der Waals surface area contributed by atoms with Crippen molar-refractivity contribution < 1.29 is 14.0 Å². The molecular weight excluding hydrogens is 429 g/mol. The number of nitrogens with zero attached hydrogens (tertiary/aromatic N) is 3. The van der Waals surface area contributed by atoms with Crippen molar-refractivity contribution in [1.29, 1.82) is 0 Å². The minimum absolute atomic E-state index is 0.0269. The molecule has 2 aromatic rings. The van der Waals surface area contributed by atoms with Crippen molar-refractivity contribution >= 4 is 11.7 Å². The zero-order valence-electron chi connectivity index (χ0n) is 20.9. The first-order valence-electron chi connectivity index (χ1n) is 12.5. The lowest BCUT2D eigenvalue weighted by atomic mass is 9.95. The number of aromatic nitrogens is 1. The molecule has 5 nitrogen and oxygen atoms in total. The van der Waals surface area contributed by atoms with Crippen molar-refractivity contribution in [1.82, 2.24) is 14.8 Å². The van der Waals surface area contributed by atoms with Gasteiger partial charge in [0.05, 0.1) is 0 Å². The predicted octanol–water partition coefficient (Wildman–Crippen LogP) is 4.79.